The van der Waals surface area contributed by atoms with Crippen LogP contribution < -0.4 is 10.5 Å². The fourth-order valence-corrected chi connectivity index (χ4v) is 0.939. The van der Waals surface area contributed by atoms with Crippen molar-refractivity contribution in [2.75, 3.05) is 7.11 Å². The van der Waals surface area contributed by atoms with Crippen LogP contribution in [0.4, 0.5) is 4.39 Å². The van der Waals surface area contributed by atoms with Crippen molar-refractivity contribution in [1.82, 2.24) is 4.98 Å². The molecular weight excluding hydrogens is 159 g/mol. The van der Waals surface area contributed by atoms with Gasteiger partial charge in [-0.3, -0.25) is 0 Å². The smallest absolute Gasteiger partial charge is 0.218 e. The standard InChI is InChI=1S/C8H11FN2O/c1-5(10)7-3-6(9)4-11-8(7)12-2/h3-5H,10H2,1-2H3. The zero-order valence-electron chi connectivity index (χ0n) is 7.04. The highest BCUT2D eigenvalue weighted by molar-refractivity contribution is 5.28. The van der Waals surface area contributed by atoms with Crippen molar-refractivity contribution >= 4 is 0 Å². The molecule has 3 nitrogen and oxygen atoms in total. The molecule has 0 fully saturated rings. The minimum atomic E-state index is -0.400. The van der Waals surface area contributed by atoms with E-state index >= 15 is 0 Å². The van der Waals surface area contributed by atoms with Crippen LogP contribution in [0.25, 0.3) is 0 Å². The van der Waals surface area contributed by atoms with E-state index in [1.54, 1.807) is 6.92 Å². The summed E-state index contributed by atoms with van der Waals surface area (Å²) in [6, 6.07) is 1.05. The summed E-state index contributed by atoms with van der Waals surface area (Å²) < 4.78 is 17.6. The van der Waals surface area contributed by atoms with Crippen LogP contribution in [0.2, 0.25) is 0 Å². The van der Waals surface area contributed by atoms with E-state index in [0.717, 1.165) is 6.20 Å². The minimum absolute atomic E-state index is 0.275. The SMILES string of the molecule is COc1ncc(F)cc1C(C)N. The molecule has 0 radical (unpaired) electrons. The summed E-state index contributed by atoms with van der Waals surface area (Å²) in [6.45, 7) is 1.75. The number of halogens is 1. The Morgan fingerprint density at radius 3 is 2.83 bits per heavy atom. The van der Waals surface area contributed by atoms with Crippen LogP contribution in [0.1, 0.15) is 18.5 Å². The monoisotopic (exact) mass is 170 g/mol. The molecule has 0 aliphatic heterocycles. The molecule has 1 rings (SSSR count). The van der Waals surface area contributed by atoms with Crippen molar-refractivity contribution in [2.24, 2.45) is 5.73 Å². The summed E-state index contributed by atoms with van der Waals surface area (Å²) in [4.78, 5) is 3.74. The fourth-order valence-electron chi connectivity index (χ4n) is 0.939. The van der Waals surface area contributed by atoms with Gasteiger partial charge in [0.2, 0.25) is 5.88 Å². The highest BCUT2D eigenvalue weighted by atomic mass is 19.1. The first-order valence-corrected chi connectivity index (χ1v) is 3.60. The molecule has 1 aromatic rings. The first-order chi connectivity index (χ1) is 5.65. The average molecular weight is 170 g/mol. The predicted molar refractivity (Wildman–Crippen MR) is 43.3 cm³/mol. The molecule has 0 spiro atoms. The Hall–Kier alpha value is -1.16. The van der Waals surface area contributed by atoms with Crippen LogP contribution in [0.15, 0.2) is 12.3 Å². The third kappa shape index (κ3) is 1.71. The second-order valence-corrected chi connectivity index (χ2v) is 2.54. The van der Waals surface area contributed by atoms with Gasteiger partial charge in [-0.1, -0.05) is 0 Å². The van der Waals surface area contributed by atoms with Gasteiger partial charge >= 0.3 is 0 Å². The molecule has 0 aliphatic rings. The lowest BCUT2D eigenvalue weighted by molar-refractivity contribution is 0.387. The van der Waals surface area contributed by atoms with E-state index in [-0.39, 0.29) is 6.04 Å². The van der Waals surface area contributed by atoms with Crippen molar-refractivity contribution in [3.8, 4) is 5.88 Å². The van der Waals surface area contributed by atoms with E-state index < -0.39 is 5.82 Å². The van der Waals surface area contributed by atoms with Gasteiger partial charge in [-0.25, -0.2) is 9.37 Å². The molecule has 1 aromatic heterocycles. The summed E-state index contributed by atoms with van der Waals surface area (Å²) in [5, 5.41) is 0. The second-order valence-electron chi connectivity index (χ2n) is 2.54. The number of methoxy groups -OCH3 is 1. The molecule has 0 amide bonds. The van der Waals surface area contributed by atoms with Gasteiger partial charge in [0.05, 0.1) is 13.3 Å². The number of hydrogen-bond acceptors (Lipinski definition) is 3. The minimum Gasteiger partial charge on any atom is -0.481 e. The Bertz CT molecular complexity index is 276. The Balaban J connectivity index is 3.12. The van der Waals surface area contributed by atoms with Gasteiger partial charge in [-0.15, -0.1) is 0 Å². The molecule has 0 bridgehead atoms. The van der Waals surface area contributed by atoms with Crippen molar-refractivity contribution in [2.45, 2.75) is 13.0 Å². The molecular formula is C8H11FN2O. The quantitative estimate of drug-likeness (QED) is 0.726. The lowest BCUT2D eigenvalue weighted by atomic mass is 10.1. The van der Waals surface area contributed by atoms with E-state index in [9.17, 15) is 4.39 Å². The Morgan fingerprint density at radius 1 is 1.67 bits per heavy atom. The fraction of sp³-hybridized carbons (Fsp3) is 0.375. The maximum Gasteiger partial charge on any atom is 0.218 e. The topological polar surface area (TPSA) is 48.1 Å². The van der Waals surface area contributed by atoms with Gasteiger partial charge in [-0.2, -0.15) is 0 Å². The zero-order valence-corrected chi connectivity index (χ0v) is 7.04. The number of nitrogens with two attached hydrogens (primary N) is 1. The van der Waals surface area contributed by atoms with Crippen LogP contribution in [-0.4, -0.2) is 12.1 Å². The van der Waals surface area contributed by atoms with E-state index in [1.165, 1.54) is 13.2 Å². The maximum absolute atomic E-state index is 12.7. The number of rotatable bonds is 2. The summed E-state index contributed by atoms with van der Waals surface area (Å²) in [6.07, 6.45) is 1.10. The molecule has 1 atom stereocenters. The van der Waals surface area contributed by atoms with E-state index in [1.807, 2.05) is 0 Å². The lowest BCUT2D eigenvalue weighted by Gasteiger charge is -2.09. The molecule has 0 saturated heterocycles. The summed E-state index contributed by atoms with van der Waals surface area (Å²) in [5.74, 6) is -0.0190. The number of ether oxygens (including phenoxy) is 1. The number of nitrogens with zero attached hydrogens (tertiary/aromatic N) is 1. The van der Waals surface area contributed by atoms with E-state index in [4.69, 9.17) is 10.5 Å². The van der Waals surface area contributed by atoms with Crippen molar-refractivity contribution < 1.29 is 9.13 Å². The van der Waals surface area contributed by atoms with Crippen molar-refractivity contribution in [1.29, 1.82) is 0 Å². The van der Waals surface area contributed by atoms with Gasteiger partial charge in [-0.05, 0) is 13.0 Å². The number of hydrogen-bond donors (Lipinski definition) is 1. The Kier molecular flexibility index (Phi) is 2.60. The van der Waals surface area contributed by atoms with Crippen LogP contribution >= 0.6 is 0 Å². The average Bonchev–Trinajstić information content (AvgIpc) is 2.04. The first kappa shape index (κ1) is 8.93. The molecule has 0 saturated carbocycles. The first-order valence-electron chi connectivity index (χ1n) is 3.60. The second kappa shape index (κ2) is 3.49. The van der Waals surface area contributed by atoms with Crippen molar-refractivity contribution in [3.63, 3.8) is 0 Å². The summed E-state index contributed by atoms with van der Waals surface area (Å²) in [5.41, 5.74) is 6.15. The van der Waals surface area contributed by atoms with Crippen LogP contribution in [0.3, 0.4) is 0 Å². The molecule has 0 aromatic carbocycles. The third-order valence-electron chi connectivity index (χ3n) is 1.53. The molecule has 1 unspecified atom stereocenters. The van der Waals surface area contributed by atoms with Gasteiger partial charge < -0.3 is 10.5 Å². The van der Waals surface area contributed by atoms with Gasteiger partial charge in [0.15, 0.2) is 0 Å². The van der Waals surface area contributed by atoms with Crippen LogP contribution in [0, 0.1) is 5.82 Å². The lowest BCUT2D eigenvalue weighted by Crippen LogP contribution is -2.08. The van der Waals surface area contributed by atoms with Gasteiger partial charge in [0.1, 0.15) is 5.82 Å². The molecule has 4 heteroatoms. The maximum atomic E-state index is 12.7. The van der Waals surface area contributed by atoms with Crippen LogP contribution in [-0.2, 0) is 0 Å². The molecule has 1 heterocycles. The van der Waals surface area contributed by atoms with E-state index in [0.29, 0.717) is 11.4 Å². The van der Waals surface area contributed by atoms with E-state index in [2.05, 4.69) is 4.98 Å². The molecule has 2 N–H and O–H groups in total. The molecule has 12 heavy (non-hydrogen) atoms. The Labute approximate surface area is 70.4 Å². The summed E-state index contributed by atoms with van der Waals surface area (Å²) >= 11 is 0. The van der Waals surface area contributed by atoms with Gasteiger partial charge in [0.25, 0.3) is 0 Å². The predicted octanol–water partition coefficient (Wildman–Crippen LogP) is 1.25. The Morgan fingerprint density at radius 2 is 2.33 bits per heavy atom. The largest absolute Gasteiger partial charge is 0.481 e. The zero-order chi connectivity index (χ0) is 9.14. The molecule has 66 valence electrons. The highest BCUT2D eigenvalue weighted by Gasteiger charge is 2.09. The third-order valence-corrected chi connectivity index (χ3v) is 1.53. The van der Waals surface area contributed by atoms with Crippen LogP contribution in [0.5, 0.6) is 5.88 Å². The summed E-state index contributed by atoms with van der Waals surface area (Å²) in [7, 11) is 1.48. The normalized spacial score (nSPS) is 12.7. The van der Waals surface area contributed by atoms with Crippen molar-refractivity contribution in [3.05, 3.63) is 23.6 Å². The van der Waals surface area contributed by atoms with Gasteiger partial charge in [0, 0.05) is 11.6 Å². The highest BCUT2D eigenvalue weighted by Crippen LogP contribution is 2.20. The number of aromatic nitrogens is 1. The molecule has 0 aliphatic carbocycles. The number of pyridine rings is 1.